The predicted molar refractivity (Wildman–Crippen MR) is 89.8 cm³/mol. The van der Waals surface area contributed by atoms with E-state index < -0.39 is 0 Å². The molecule has 1 aromatic rings. The molecule has 0 aliphatic carbocycles. The second-order valence-electron chi connectivity index (χ2n) is 4.65. The maximum atomic E-state index is 4.35. The van der Waals surface area contributed by atoms with Gasteiger partial charge in [-0.3, -0.25) is 4.99 Å². The maximum Gasteiger partial charge on any atom is 0.0760 e. The van der Waals surface area contributed by atoms with Gasteiger partial charge >= 0.3 is 0 Å². The highest BCUT2D eigenvalue weighted by Crippen LogP contribution is 2.26. The lowest BCUT2D eigenvalue weighted by molar-refractivity contribution is 0.951. The zero-order chi connectivity index (χ0) is 14.3. The molecule has 0 aliphatic rings. The van der Waals surface area contributed by atoms with Gasteiger partial charge in [-0.05, 0) is 29.4 Å². The van der Waals surface area contributed by atoms with Crippen molar-refractivity contribution in [3.8, 4) is 0 Å². The number of thioether (sulfide) groups is 1. The molecule has 0 bridgehead atoms. The second-order valence-corrected chi connectivity index (χ2v) is 5.91. The molecular formula is C17H23NS. The Kier molecular flexibility index (Phi) is 6.65. The Morgan fingerprint density at radius 3 is 2.37 bits per heavy atom. The van der Waals surface area contributed by atoms with Crippen LogP contribution in [0.3, 0.4) is 0 Å². The van der Waals surface area contributed by atoms with Crippen LogP contribution >= 0.6 is 11.8 Å². The average molecular weight is 273 g/mol. The summed E-state index contributed by atoms with van der Waals surface area (Å²) < 4.78 is 0. The first-order chi connectivity index (χ1) is 9.06. The molecule has 0 atom stereocenters. The lowest BCUT2D eigenvalue weighted by Gasteiger charge is -2.10. The van der Waals surface area contributed by atoms with Crippen molar-refractivity contribution in [3.63, 3.8) is 0 Å². The molecule has 0 aromatic heterocycles. The van der Waals surface area contributed by atoms with Crippen LogP contribution in [-0.2, 0) is 0 Å². The van der Waals surface area contributed by atoms with Crippen LogP contribution in [0.15, 0.2) is 47.3 Å². The average Bonchev–Trinajstić information content (AvgIpc) is 2.38. The summed E-state index contributed by atoms with van der Waals surface area (Å²) in [5.74, 6) is 0. The van der Waals surface area contributed by atoms with Crippen molar-refractivity contribution in [2.24, 2.45) is 4.99 Å². The number of hydrogen-bond acceptors (Lipinski definition) is 2. The normalized spacial score (nSPS) is 11.4. The number of nitrogens with zero attached hydrogens (tertiary/aromatic N) is 1. The van der Waals surface area contributed by atoms with Crippen LogP contribution in [0.25, 0.3) is 5.57 Å². The maximum absolute atomic E-state index is 4.35. The van der Waals surface area contributed by atoms with E-state index in [4.69, 9.17) is 0 Å². The molecule has 1 rings (SSSR count). The first kappa shape index (κ1) is 15.8. The number of benzene rings is 1. The SMILES string of the molecule is C=C(CCC)SC(CC(=C)c1ccc(C)cc1)=NC. The smallest absolute Gasteiger partial charge is 0.0760 e. The number of aliphatic imine (C=N–C) groups is 1. The van der Waals surface area contributed by atoms with Crippen molar-refractivity contribution in [3.05, 3.63) is 53.5 Å². The lowest BCUT2D eigenvalue weighted by atomic mass is 10.0. The fraction of sp³-hybridized carbons (Fsp3) is 0.353. The minimum Gasteiger partial charge on any atom is -0.286 e. The Balaban J connectivity index is 2.63. The van der Waals surface area contributed by atoms with Gasteiger partial charge in [0.05, 0.1) is 5.04 Å². The molecule has 0 saturated carbocycles. The monoisotopic (exact) mass is 273 g/mol. The molecule has 0 N–H and O–H groups in total. The van der Waals surface area contributed by atoms with Crippen molar-refractivity contribution < 1.29 is 0 Å². The van der Waals surface area contributed by atoms with Gasteiger partial charge in [0.2, 0.25) is 0 Å². The molecule has 1 nitrogen and oxygen atoms in total. The van der Waals surface area contributed by atoms with Crippen LogP contribution < -0.4 is 0 Å². The number of aryl methyl sites for hydroxylation is 1. The molecule has 19 heavy (non-hydrogen) atoms. The molecule has 0 heterocycles. The summed E-state index contributed by atoms with van der Waals surface area (Å²) in [5.41, 5.74) is 3.57. The molecule has 0 aliphatic heterocycles. The van der Waals surface area contributed by atoms with E-state index in [1.165, 1.54) is 16.0 Å². The highest BCUT2D eigenvalue weighted by Gasteiger charge is 2.07. The van der Waals surface area contributed by atoms with Gasteiger partial charge < -0.3 is 0 Å². The van der Waals surface area contributed by atoms with Crippen LogP contribution in [0.4, 0.5) is 0 Å². The second kappa shape index (κ2) is 8.00. The summed E-state index contributed by atoms with van der Waals surface area (Å²) in [7, 11) is 1.84. The van der Waals surface area contributed by atoms with E-state index >= 15 is 0 Å². The van der Waals surface area contributed by atoms with Crippen molar-refractivity contribution in [2.45, 2.75) is 33.1 Å². The minimum atomic E-state index is 0.799. The van der Waals surface area contributed by atoms with Crippen LogP contribution in [0.2, 0.25) is 0 Å². The van der Waals surface area contributed by atoms with Gasteiger partial charge in [-0.2, -0.15) is 0 Å². The van der Waals surface area contributed by atoms with Gasteiger partial charge in [0.15, 0.2) is 0 Å². The van der Waals surface area contributed by atoms with E-state index in [2.05, 4.69) is 56.3 Å². The predicted octanol–water partition coefficient (Wildman–Crippen LogP) is 5.47. The standard InChI is InChI=1S/C17H23NS/c1-6-7-15(4)19-17(18-5)12-14(3)16-10-8-13(2)9-11-16/h8-11H,3-4,6-7,12H2,1-2,5H3. The summed E-state index contributed by atoms with van der Waals surface area (Å²) in [6, 6.07) is 8.48. The Morgan fingerprint density at radius 1 is 1.21 bits per heavy atom. The first-order valence-corrected chi connectivity index (χ1v) is 7.44. The van der Waals surface area contributed by atoms with E-state index in [9.17, 15) is 0 Å². The van der Waals surface area contributed by atoms with E-state index in [0.29, 0.717) is 0 Å². The molecule has 1 aromatic carbocycles. The highest BCUT2D eigenvalue weighted by atomic mass is 32.2. The van der Waals surface area contributed by atoms with Gasteiger partial charge in [0.1, 0.15) is 0 Å². The van der Waals surface area contributed by atoms with E-state index in [1.807, 2.05) is 7.05 Å². The van der Waals surface area contributed by atoms with Crippen LogP contribution in [0.1, 0.15) is 37.3 Å². The molecule has 102 valence electrons. The van der Waals surface area contributed by atoms with E-state index in [-0.39, 0.29) is 0 Å². The highest BCUT2D eigenvalue weighted by molar-refractivity contribution is 8.17. The molecule has 0 spiro atoms. The summed E-state index contributed by atoms with van der Waals surface area (Å²) in [6.07, 6.45) is 2.97. The summed E-state index contributed by atoms with van der Waals surface area (Å²) in [4.78, 5) is 5.53. The molecule has 0 amide bonds. The largest absolute Gasteiger partial charge is 0.286 e. The summed E-state index contributed by atoms with van der Waals surface area (Å²) in [5, 5.41) is 1.09. The van der Waals surface area contributed by atoms with Crippen molar-refractivity contribution in [2.75, 3.05) is 7.05 Å². The fourth-order valence-electron chi connectivity index (χ4n) is 1.73. The Hall–Kier alpha value is -1.28. The zero-order valence-corrected chi connectivity index (χ0v) is 13.0. The molecule has 0 saturated heterocycles. The van der Waals surface area contributed by atoms with E-state index in [0.717, 1.165) is 29.9 Å². The quantitative estimate of drug-likeness (QED) is 0.494. The topological polar surface area (TPSA) is 12.4 Å². The van der Waals surface area contributed by atoms with Gasteiger partial charge in [-0.25, -0.2) is 0 Å². The zero-order valence-electron chi connectivity index (χ0n) is 12.2. The molecule has 0 radical (unpaired) electrons. The molecule has 0 unspecified atom stereocenters. The van der Waals surface area contributed by atoms with Crippen LogP contribution in [-0.4, -0.2) is 12.1 Å². The third-order valence-corrected chi connectivity index (χ3v) is 3.92. The van der Waals surface area contributed by atoms with Gasteiger partial charge in [0.25, 0.3) is 0 Å². The Bertz CT molecular complexity index is 469. The minimum absolute atomic E-state index is 0.799. The third kappa shape index (κ3) is 5.48. The number of rotatable bonds is 6. The Morgan fingerprint density at radius 2 is 1.84 bits per heavy atom. The van der Waals surface area contributed by atoms with E-state index in [1.54, 1.807) is 11.8 Å². The van der Waals surface area contributed by atoms with Crippen LogP contribution in [0.5, 0.6) is 0 Å². The first-order valence-electron chi connectivity index (χ1n) is 6.63. The summed E-state index contributed by atoms with van der Waals surface area (Å²) in [6.45, 7) is 12.5. The van der Waals surface area contributed by atoms with Crippen molar-refractivity contribution in [1.82, 2.24) is 0 Å². The number of hydrogen-bond donors (Lipinski definition) is 0. The third-order valence-electron chi connectivity index (χ3n) is 2.86. The lowest BCUT2D eigenvalue weighted by Crippen LogP contribution is -1.96. The van der Waals surface area contributed by atoms with Crippen molar-refractivity contribution in [1.29, 1.82) is 0 Å². The van der Waals surface area contributed by atoms with Crippen LogP contribution in [0, 0.1) is 6.92 Å². The van der Waals surface area contributed by atoms with Crippen molar-refractivity contribution >= 4 is 22.4 Å². The van der Waals surface area contributed by atoms with Gasteiger partial charge in [-0.1, -0.05) is 68.1 Å². The Labute approximate surface area is 121 Å². The van der Waals surface area contributed by atoms with Gasteiger partial charge in [-0.15, -0.1) is 0 Å². The van der Waals surface area contributed by atoms with Gasteiger partial charge in [0, 0.05) is 13.5 Å². The fourth-order valence-corrected chi connectivity index (χ4v) is 2.71. The molecular weight excluding hydrogens is 250 g/mol. The summed E-state index contributed by atoms with van der Waals surface area (Å²) >= 11 is 1.69. The molecule has 0 fully saturated rings. The number of allylic oxidation sites excluding steroid dienone is 2. The molecule has 2 heteroatoms.